The lowest BCUT2D eigenvalue weighted by atomic mass is 9.88. The van der Waals surface area contributed by atoms with E-state index in [2.05, 4.69) is 9.97 Å². The number of piperidine rings is 1. The third-order valence-electron chi connectivity index (χ3n) is 5.54. The molecule has 4 rings (SSSR count). The number of amides is 2. The number of aromatic nitrogens is 3. The van der Waals surface area contributed by atoms with E-state index in [0.29, 0.717) is 38.2 Å². The van der Waals surface area contributed by atoms with Crippen LogP contribution in [0, 0.1) is 6.92 Å². The minimum absolute atomic E-state index is 0.0545. The van der Waals surface area contributed by atoms with Crippen LogP contribution in [0.25, 0.3) is 0 Å². The molecular weight excluding hydrogens is 358 g/mol. The first-order chi connectivity index (χ1) is 13.4. The van der Waals surface area contributed by atoms with Crippen LogP contribution in [0.3, 0.4) is 0 Å². The second-order valence-electron chi connectivity index (χ2n) is 7.69. The molecule has 4 heterocycles. The predicted molar refractivity (Wildman–Crippen MR) is 102 cm³/mol. The van der Waals surface area contributed by atoms with Crippen molar-refractivity contribution in [3.63, 3.8) is 0 Å². The number of carbonyl (C=O) groups is 2. The van der Waals surface area contributed by atoms with Gasteiger partial charge in [0.05, 0.1) is 6.54 Å². The van der Waals surface area contributed by atoms with Gasteiger partial charge in [-0.2, -0.15) is 0 Å². The Morgan fingerprint density at radius 3 is 2.68 bits per heavy atom. The fourth-order valence-corrected chi connectivity index (χ4v) is 4.05. The SMILES string of the molecule is Cc1cccc(C(=O)N2CCC3(CC2)O[C@@H](C(=O)N(C)C)Cn2ccnc23)n1. The van der Waals surface area contributed by atoms with E-state index in [1.165, 1.54) is 0 Å². The summed E-state index contributed by atoms with van der Waals surface area (Å²) in [5, 5.41) is 0. The molecule has 2 aromatic rings. The van der Waals surface area contributed by atoms with Gasteiger partial charge in [0.25, 0.3) is 11.8 Å². The maximum absolute atomic E-state index is 12.8. The number of rotatable bonds is 2. The van der Waals surface area contributed by atoms with Crippen molar-refractivity contribution in [2.75, 3.05) is 27.2 Å². The Balaban J connectivity index is 1.54. The molecule has 0 N–H and O–H groups in total. The lowest BCUT2D eigenvalue weighted by Crippen LogP contribution is -2.54. The first kappa shape index (κ1) is 18.6. The van der Waals surface area contributed by atoms with Gasteiger partial charge in [0.1, 0.15) is 17.1 Å². The molecule has 0 aliphatic carbocycles. The molecule has 0 radical (unpaired) electrons. The van der Waals surface area contributed by atoms with Crippen molar-refractivity contribution < 1.29 is 14.3 Å². The molecular formula is C20H25N5O3. The van der Waals surface area contributed by atoms with Gasteiger partial charge in [-0.3, -0.25) is 9.59 Å². The van der Waals surface area contributed by atoms with Crippen LogP contribution in [0.5, 0.6) is 0 Å². The number of likely N-dealkylation sites (tertiary alicyclic amines) is 1. The molecule has 0 saturated carbocycles. The molecule has 2 aliphatic rings. The first-order valence-electron chi connectivity index (χ1n) is 9.53. The third kappa shape index (κ3) is 3.17. The normalized spacial score (nSPS) is 20.7. The van der Waals surface area contributed by atoms with Crippen LogP contribution < -0.4 is 0 Å². The van der Waals surface area contributed by atoms with Crippen molar-refractivity contribution in [2.45, 2.75) is 38.0 Å². The summed E-state index contributed by atoms with van der Waals surface area (Å²) in [5.41, 5.74) is 0.638. The van der Waals surface area contributed by atoms with E-state index in [1.807, 2.05) is 29.8 Å². The Morgan fingerprint density at radius 1 is 1.25 bits per heavy atom. The van der Waals surface area contributed by atoms with Crippen LogP contribution in [0.4, 0.5) is 0 Å². The van der Waals surface area contributed by atoms with E-state index in [9.17, 15) is 9.59 Å². The standard InChI is InChI=1S/C20H25N5O3/c1-14-5-4-6-15(22-14)17(26)24-10-7-20(8-11-24)19-21-9-12-25(19)13-16(28-20)18(27)23(2)3/h4-6,9,12,16H,7-8,10-11,13H2,1-3H3/t16-/m1/s1. The van der Waals surface area contributed by atoms with Crippen LogP contribution in [0.2, 0.25) is 0 Å². The number of carbonyl (C=O) groups excluding carboxylic acids is 2. The molecule has 148 valence electrons. The van der Waals surface area contributed by atoms with Crippen molar-refractivity contribution in [1.29, 1.82) is 0 Å². The summed E-state index contributed by atoms with van der Waals surface area (Å²) >= 11 is 0. The Bertz CT molecular complexity index is 899. The topological polar surface area (TPSA) is 80.6 Å². The van der Waals surface area contributed by atoms with Gasteiger partial charge in [0, 0.05) is 58.1 Å². The molecule has 1 spiro atoms. The first-order valence-corrected chi connectivity index (χ1v) is 9.53. The number of pyridine rings is 1. The summed E-state index contributed by atoms with van der Waals surface area (Å²) in [6.07, 6.45) is 4.29. The number of fused-ring (bicyclic) bond motifs is 2. The van der Waals surface area contributed by atoms with Crippen LogP contribution in [-0.2, 0) is 21.7 Å². The van der Waals surface area contributed by atoms with Gasteiger partial charge in [0.15, 0.2) is 6.10 Å². The maximum atomic E-state index is 12.8. The lowest BCUT2D eigenvalue weighted by Gasteiger charge is -2.45. The average Bonchev–Trinajstić information content (AvgIpc) is 3.17. The number of hydrogen-bond donors (Lipinski definition) is 0. The zero-order chi connectivity index (χ0) is 19.9. The molecule has 2 amide bonds. The Labute approximate surface area is 164 Å². The number of hydrogen-bond acceptors (Lipinski definition) is 5. The number of aryl methyl sites for hydroxylation is 1. The van der Waals surface area contributed by atoms with Gasteiger partial charge in [0.2, 0.25) is 0 Å². The molecule has 2 aliphatic heterocycles. The quantitative estimate of drug-likeness (QED) is 0.779. The van der Waals surface area contributed by atoms with Crippen molar-refractivity contribution in [2.24, 2.45) is 0 Å². The summed E-state index contributed by atoms with van der Waals surface area (Å²) in [6.45, 7) is 3.40. The number of nitrogens with zero attached hydrogens (tertiary/aromatic N) is 5. The Kier molecular flexibility index (Phi) is 4.66. The predicted octanol–water partition coefficient (Wildman–Crippen LogP) is 1.21. The van der Waals surface area contributed by atoms with E-state index in [4.69, 9.17) is 4.74 Å². The van der Waals surface area contributed by atoms with E-state index in [0.717, 1.165) is 11.5 Å². The second-order valence-corrected chi connectivity index (χ2v) is 7.69. The molecule has 0 bridgehead atoms. The Morgan fingerprint density at radius 2 is 2.00 bits per heavy atom. The fraction of sp³-hybridized carbons (Fsp3) is 0.500. The minimum atomic E-state index is -0.644. The van der Waals surface area contributed by atoms with E-state index >= 15 is 0 Å². The lowest BCUT2D eigenvalue weighted by molar-refractivity contribution is -0.178. The molecule has 8 nitrogen and oxygen atoms in total. The largest absolute Gasteiger partial charge is 0.352 e. The number of likely N-dealkylation sites (N-methyl/N-ethyl adjacent to an activating group) is 1. The van der Waals surface area contributed by atoms with E-state index < -0.39 is 11.7 Å². The third-order valence-corrected chi connectivity index (χ3v) is 5.54. The van der Waals surface area contributed by atoms with Crippen LogP contribution in [-0.4, -0.2) is 69.4 Å². The van der Waals surface area contributed by atoms with Crippen LogP contribution in [0.15, 0.2) is 30.6 Å². The van der Waals surface area contributed by atoms with Gasteiger partial charge in [-0.05, 0) is 19.1 Å². The van der Waals surface area contributed by atoms with E-state index in [-0.39, 0.29) is 11.8 Å². The highest BCUT2D eigenvalue weighted by atomic mass is 16.5. The summed E-state index contributed by atoms with van der Waals surface area (Å²) in [4.78, 5) is 37.6. The highest BCUT2D eigenvalue weighted by Crippen LogP contribution is 2.40. The molecule has 0 unspecified atom stereocenters. The van der Waals surface area contributed by atoms with Gasteiger partial charge in [-0.15, -0.1) is 0 Å². The molecule has 28 heavy (non-hydrogen) atoms. The van der Waals surface area contributed by atoms with Crippen LogP contribution >= 0.6 is 0 Å². The highest BCUT2D eigenvalue weighted by molar-refractivity contribution is 5.92. The number of imidazole rings is 1. The molecule has 0 aromatic carbocycles. The summed E-state index contributed by atoms with van der Waals surface area (Å²) in [5.74, 6) is 0.718. The average molecular weight is 383 g/mol. The van der Waals surface area contributed by atoms with Gasteiger partial charge >= 0.3 is 0 Å². The smallest absolute Gasteiger partial charge is 0.272 e. The zero-order valence-corrected chi connectivity index (χ0v) is 16.5. The zero-order valence-electron chi connectivity index (χ0n) is 16.5. The van der Waals surface area contributed by atoms with Crippen molar-refractivity contribution in [3.05, 3.63) is 47.8 Å². The summed E-state index contributed by atoms with van der Waals surface area (Å²) in [6, 6.07) is 5.47. The highest BCUT2D eigenvalue weighted by Gasteiger charge is 2.48. The van der Waals surface area contributed by atoms with Gasteiger partial charge in [-0.1, -0.05) is 6.07 Å². The minimum Gasteiger partial charge on any atom is -0.352 e. The second kappa shape index (κ2) is 7.01. The molecule has 1 atom stereocenters. The fourth-order valence-electron chi connectivity index (χ4n) is 4.05. The van der Waals surface area contributed by atoms with Crippen molar-refractivity contribution in [3.8, 4) is 0 Å². The Hall–Kier alpha value is -2.74. The van der Waals surface area contributed by atoms with E-state index in [1.54, 1.807) is 36.2 Å². The molecule has 8 heteroatoms. The summed E-state index contributed by atoms with van der Waals surface area (Å²) < 4.78 is 8.36. The van der Waals surface area contributed by atoms with Crippen LogP contribution in [0.1, 0.15) is 34.8 Å². The van der Waals surface area contributed by atoms with Crippen molar-refractivity contribution >= 4 is 11.8 Å². The van der Waals surface area contributed by atoms with Gasteiger partial charge in [-0.25, -0.2) is 9.97 Å². The molecule has 2 aromatic heterocycles. The number of ether oxygens (including phenoxy) is 1. The van der Waals surface area contributed by atoms with Crippen molar-refractivity contribution in [1.82, 2.24) is 24.3 Å². The van der Waals surface area contributed by atoms with Gasteiger partial charge < -0.3 is 19.1 Å². The molecule has 1 saturated heterocycles. The molecule has 1 fully saturated rings. The monoisotopic (exact) mass is 383 g/mol. The maximum Gasteiger partial charge on any atom is 0.272 e. The summed E-state index contributed by atoms with van der Waals surface area (Å²) in [7, 11) is 3.47.